The van der Waals surface area contributed by atoms with E-state index in [1.165, 1.54) is 18.3 Å². The van der Waals surface area contributed by atoms with Gasteiger partial charge in [-0.05, 0) is 30.2 Å². The van der Waals surface area contributed by atoms with Crippen LogP contribution in [0.25, 0.3) is 0 Å². The van der Waals surface area contributed by atoms with E-state index in [1.54, 1.807) is 6.07 Å². The summed E-state index contributed by atoms with van der Waals surface area (Å²) in [5.41, 5.74) is 0.626. The van der Waals surface area contributed by atoms with E-state index in [9.17, 15) is 5.11 Å². The van der Waals surface area contributed by atoms with Crippen molar-refractivity contribution in [1.29, 1.82) is 0 Å². The molecule has 0 radical (unpaired) electrons. The molecule has 0 fully saturated rings. The Morgan fingerprint density at radius 3 is 2.41 bits per heavy atom. The Bertz CT molecular complexity index is 402. The van der Waals surface area contributed by atoms with Gasteiger partial charge in [-0.25, -0.2) is 0 Å². The minimum atomic E-state index is -3.95. The number of hydrogen-bond acceptors (Lipinski definition) is 6. The normalized spacial score (nSPS) is 12.2. The maximum Gasteiger partial charge on any atom is 0.492 e. The molecule has 0 saturated carbocycles. The average molecular weight is 257 g/mol. The fourth-order valence-corrected chi connectivity index (χ4v) is 1.83. The number of phenolic OH excluding ortho intramolecular Hbond substituents is 2. The predicted octanol–water partition coefficient (Wildman–Crippen LogP) is -0.177. The molecule has 0 amide bonds. The molecule has 17 heavy (non-hydrogen) atoms. The fourth-order valence-electron chi connectivity index (χ4n) is 1.20. The third-order valence-electron chi connectivity index (χ3n) is 2.04. The molecule has 0 aliphatic carbocycles. The lowest BCUT2D eigenvalue weighted by molar-refractivity contribution is 0.227. The van der Waals surface area contributed by atoms with Crippen LogP contribution in [0.15, 0.2) is 23.2 Å². The number of rotatable bonds is 5. The molecule has 0 aliphatic rings. The molecule has 0 aliphatic heterocycles. The van der Waals surface area contributed by atoms with Crippen LogP contribution in [-0.4, -0.2) is 46.2 Å². The highest BCUT2D eigenvalue weighted by atomic mass is 28.4. The van der Waals surface area contributed by atoms with Gasteiger partial charge in [-0.2, -0.15) is 0 Å². The largest absolute Gasteiger partial charge is 0.504 e. The molecule has 0 aromatic heterocycles. The lowest BCUT2D eigenvalue weighted by atomic mass is 10.2. The first-order chi connectivity index (χ1) is 7.88. The fraction of sp³-hybridized carbons (Fsp3) is 0.300. The van der Waals surface area contributed by atoms with Gasteiger partial charge >= 0.3 is 8.80 Å². The molecular formula is C10H15NO5Si. The average Bonchev–Trinajstić information content (AvgIpc) is 2.21. The molecule has 1 aromatic carbocycles. The Morgan fingerprint density at radius 1 is 1.12 bits per heavy atom. The molecule has 0 bridgehead atoms. The van der Waals surface area contributed by atoms with Crippen molar-refractivity contribution in [1.82, 2.24) is 0 Å². The molecule has 7 heteroatoms. The van der Waals surface area contributed by atoms with Gasteiger partial charge in [0.15, 0.2) is 11.5 Å². The van der Waals surface area contributed by atoms with Crippen molar-refractivity contribution in [2.24, 2.45) is 4.99 Å². The second kappa shape index (κ2) is 5.78. The third kappa shape index (κ3) is 5.45. The van der Waals surface area contributed by atoms with Crippen molar-refractivity contribution >= 4 is 15.0 Å². The lowest BCUT2D eigenvalue weighted by Gasteiger charge is -2.06. The monoisotopic (exact) mass is 257 g/mol. The minimum Gasteiger partial charge on any atom is -0.504 e. The molecule has 1 aromatic rings. The molecule has 94 valence electrons. The summed E-state index contributed by atoms with van der Waals surface area (Å²) < 4.78 is 0. The van der Waals surface area contributed by atoms with Crippen molar-refractivity contribution in [3.63, 3.8) is 0 Å². The molecule has 0 spiro atoms. The molecule has 1 rings (SSSR count). The number of benzene rings is 1. The predicted molar refractivity (Wildman–Crippen MR) is 64.1 cm³/mol. The molecular weight excluding hydrogens is 242 g/mol. The number of phenols is 2. The maximum atomic E-state index is 9.20. The Morgan fingerprint density at radius 2 is 1.82 bits per heavy atom. The highest BCUT2D eigenvalue weighted by Crippen LogP contribution is 2.23. The number of nitrogens with zero attached hydrogens (tertiary/aromatic N) is 1. The maximum absolute atomic E-state index is 9.20. The van der Waals surface area contributed by atoms with Gasteiger partial charge in [0.05, 0.1) is 0 Å². The van der Waals surface area contributed by atoms with Gasteiger partial charge in [0.25, 0.3) is 0 Å². The van der Waals surface area contributed by atoms with Gasteiger partial charge in [-0.15, -0.1) is 0 Å². The number of aromatic hydroxyl groups is 2. The summed E-state index contributed by atoms with van der Waals surface area (Å²) in [5, 5.41) is 18.3. The van der Waals surface area contributed by atoms with Gasteiger partial charge in [-0.3, -0.25) is 4.99 Å². The van der Waals surface area contributed by atoms with Crippen LogP contribution >= 0.6 is 0 Å². The molecule has 6 nitrogen and oxygen atoms in total. The van der Waals surface area contributed by atoms with E-state index in [4.69, 9.17) is 19.5 Å². The highest BCUT2D eigenvalue weighted by Gasteiger charge is 2.25. The highest BCUT2D eigenvalue weighted by molar-refractivity contribution is 6.56. The zero-order chi connectivity index (χ0) is 12.9. The van der Waals surface area contributed by atoms with Crippen LogP contribution in [0.2, 0.25) is 6.04 Å². The van der Waals surface area contributed by atoms with Crippen LogP contribution in [0.1, 0.15) is 12.0 Å². The zero-order valence-corrected chi connectivity index (χ0v) is 10.1. The van der Waals surface area contributed by atoms with Crippen molar-refractivity contribution in [2.45, 2.75) is 12.5 Å². The SMILES string of the molecule is Oc1ccc(C=NCCC[Si](O)(O)O)cc1O. The van der Waals surface area contributed by atoms with Crippen LogP contribution in [0, 0.1) is 0 Å². The molecule has 0 heterocycles. The summed E-state index contributed by atoms with van der Waals surface area (Å²) in [6, 6.07) is 4.25. The quantitative estimate of drug-likeness (QED) is 0.217. The van der Waals surface area contributed by atoms with E-state index in [-0.39, 0.29) is 17.5 Å². The Balaban J connectivity index is 2.41. The van der Waals surface area contributed by atoms with Crippen LogP contribution in [0.5, 0.6) is 11.5 Å². The van der Waals surface area contributed by atoms with Crippen LogP contribution in [-0.2, 0) is 0 Å². The Hall–Kier alpha value is -1.41. The van der Waals surface area contributed by atoms with E-state index in [0.29, 0.717) is 18.5 Å². The number of hydrogen-bond donors (Lipinski definition) is 5. The Labute approximate surface area is 99.5 Å². The van der Waals surface area contributed by atoms with Gasteiger partial charge in [-0.1, -0.05) is 0 Å². The molecule has 0 atom stereocenters. The molecule has 5 N–H and O–H groups in total. The van der Waals surface area contributed by atoms with Gasteiger partial charge < -0.3 is 24.6 Å². The zero-order valence-electron chi connectivity index (χ0n) is 9.11. The van der Waals surface area contributed by atoms with Gasteiger partial charge in [0.1, 0.15) is 0 Å². The van der Waals surface area contributed by atoms with E-state index in [1.807, 2.05) is 0 Å². The van der Waals surface area contributed by atoms with Gasteiger partial charge in [0, 0.05) is 18.8 Å². The first-order valence-corrected chi connectivity index (χ1v) is 7.12. The summed E-state index contributed by atoms with van der Waals surface area (Å²) in [5.74, 6) is -0.416. The number of aliphatic imine (C=N–C) groups is 1. The summed E-state index contributed by atoms with van der Waals surface area (Å²) in [7, 11) is -3.95. The summed E-state index contributed by atoms with van der Waals surface area (Å²) in [4.78, 5) is 30.2. The Kier molecular flexibility index (Phi) is 4.64. The van der Waals surface area contributed by atoms with Crippen molar-refractivity contribution in [3.05, 3.63) is 23.8 Å². The summed E-state index contributed by atoms with van der Waals surface area (Å²) in [6.45, 7) is 0.345. The van der Waals surface area contributed by atoms with Crippen molar-refractivity contribution in [2.75, 3.05) is 6.54 Å². The van der Waals surface area contributed by atoms with Crippen LogP contribution in [0.3, 0.4) is 0 Å². The summed E-state index contributed by atoms with van der Waals surface area (Å²) in [6.07, 6.45) is 1.87. The van der Waals surface area contributed by atoms with E-state index in [0.717, 1.165) is 0 Å². The smallest absolute Gasteiger partial charge is 0.492 e. The van der Waals surface area contributed by atoms with Gasteiger partial charge in [0.2, 0.25) is 0 Å². The second-order valence-corrected chi connectivity index (χ2v) is 5.71. The molecule has 0 saturated heterocycles. The lowest BCUT2D eigenvalue weighted by Crippen LogP contribution is -2.34. The minimum absolute atomic E-state index is 0.0504. The first-order valence-electron chi connectivity index (χ1n) is 5.07. The topological polar surface area (TPSA) is 114 Å². The third-order valence-corrected chi connectivity index (χ3v) is 3.06. The van der Waals surface area contributed by atoms with Crippen LogP contribution < -0.4 is 0 Å². The standard InChI is InChI=1S/C10H15NO5Si/c12-9-3-2-8(6-10(9)13)7-11-4-1-5-17(14,15)16/h2-3,6-7,12-16H,1,4-5H2. The van der Waals surface area contributed by atoms with Crippen molar-refractivity contribution < 1.29 is 24.6 Å². The van der Waals surface area contributed by atoms with E-state index >= 15 is 0 Å². The van der Waals surface area contributed by atoms with Crippen LogP contribution in [0.4, 0.5) is 0 Å². The summed E-state index contributed by atoms with van der Waals surface area (Å²) >= 11 is 0. The van der Waals surface area contributed by atoms with E-state index < -0.39 is 8.80 Å². The van der Waals surface area contributed by atoms with E-state index in [2.05, 4.69) is 4.99 Å². The second-order valence-electron chi connectivity index (χ2n) is 3.66. The first kappa shape index (κ1) is 13.7. The van der Waals surface area contributed by atoms with Crippen molar-refractivity contribution in [3.8, 4) is 11.5 Å². The molecule has 0 unspecified atom stereocenters.